The Hall–Kier alpha value is -16.6. The van der Waals surface area contributed by atoms with Gasteiger partial charge in [-0.25, -0.2) is 0 Å². The second kappa shape index (κ2) is 22.4. The minimum Gasteiger partial charge on any atom is -0.315 e. The Morgan fingerprint density at radius 1 is 0.163 bits per heavy atom. The van der Waals surface area contributed by atoms with Gasteiger partial charge in [-0.05, 0) is 145 Å². The molecule has 9 heteroatoms. The third-order valence-corrected chi connectivity index (χ3v) is 27.6. The normalized spacial score (nSPS) is 14.6. The lowest BCUT2D eigenvalue weighted by molar-refractivity contribution is 1.18. The summed E-state index contributed by atoms with van der Waals surface area (Å²) in [4.78, 5) is 0. The van der Waals surface area contributed by atoms with Crippen LogP contribution in [0, 0.1) is 0 Å². The van der Waals surface area contributed by atoms with Gasteiger partial charge in [-0.15, -0.1) is 0 Å². The number of rotatable bonds is 3. The Morgan fingerprint density at radius 3 is 0.976 bits per heavy atom. The summed E-state index contributed by atoms with van der Waals surface area (Å²) in [5.74, 6) is 0. The van der Waals surface area contributed by atoms with Crippen molar-refractivity contribution < 1.29 is 20.6 Å². The molecule has 33 aromatic rings. The van der Waals surface area contributed by atoms with Crippen LogP contribution in [0.2, 0.25) is 0 Å². The van der Waals surface area contributed by atoms with E-state index in [1.54, 1.807) is 0 Å². The first-order chi connectivity index (χ1) is 67.3. The molecule has 33 rings (SSSR count). The third kappa shape index (κ3) is 7.70. The molecule has 9 nitrogen and oxygen atoms in total. The van der Waals surface area contributed by atoms with Crippen molar-refractivity contribution in [3.63, 3.8) is 0 Å². The van der Waals surface area contributed by atoms with Gasteiger partial charge in [-0.2, -0.15) is 0 Å². The van der Waals surface area contributed by atoms with E-state index in [1.165, 1.54) is 97.7 Å². The molecule has 0 unspecified atom stereocenters. The maximum absolute atomic E-state index is 8.98. The van der Waals surface area contributed by atoms with Crippen LogP contribution in [0.15, 0.2) is 382 Å². The molecular weight excluding hydrogens is 1500 g/mol. The molecule has 0 radical (unpaired) electrons. The van der Waals surface area contributed by atoms with Crippen LogP contribution in [0.5, 0.6) is 0 Å². The van der Waals surface area contributed by atoms with E-state index in [2.05, 4.69) is 263 Å². The predicted molar refractivity (Wildman–Crippen MR) is 518 cm³/mol. The van der Waals surface area contributed by atoms with Gasteiger partial charge in [0, 0.05) is 181 Å². The molecule has 0 saturated carbocycles. The SMILES string of the molecule is [2H]c1c([2H])c([2H])c(-n2c3ccccc3c3c4c5cc6c(cc5n5ccc(cc32)c45)c2cccc3c4ccccc4n6c32)c([2H])c1[2H].[2H]c1c([2H])c([2H])c(-n2c3ccccc3c3cc4c5cc6c(cc5n5ccc(c32)c45)c2cccc3c4ccccc4n6c32)c([2H])c1[2H].[2H]c1c([2H])c([2H])c(-n2c3ccccc3c3cc4ccn5c6cc7c8cccc9c%10ccccc%10n(c7cc6c(c32)c45)c98)c([2H])c1[2H]. The maximum Gasteiger partial charge on any atom is 0.0645 e. The fourth-order valence-corrected chi connectivity index (χ4v) is 23.0. The van der Waals surface area contributed by atoms with Gasteiger partial charge in [0.1, 0.15) is 0 Å². The van der Waals surface area contributed by atoms with E-state index in [0.29, 0.717) is 0 Å². The molecule has 0 spiro atoms. The van der Waals surface area contributed by atoms with Crippen molar-refractivity contribution in [2.75, 3.05) is 0 Å². The molecule has 0 aliphatic carbocycles. The van der Waals surface area contributed by atoms with Crippen molar-refractivity contribution in [2.45, 2.75) is 0 Å². The Balaban J connectivity index is 0.0000000959. The van der Waals surface area contributed by atoms with Gasteiger partial charge in [0.25, 0.3) is 0 Å². The summed E-state index contributed by atoms with van der Waals surface area (Å²) < 4.78 is 148. The zero-order valence-corrected chi connectivity index (χ0v) is 64.7. The summed E-state index contributed by atoms with van der Waals surface area (Å²) in [6.07, 6.45) is 6.34. The van der Waals surface area contributed by atoms with E-state index in [9.17, 15) is 0 Å². The molecule has 0 aliphatic rings. The molecule has 0 aliphatic heterocycles. The highest BCUT2D eigenvalue weighted by Gasteiger charge is 2.30. The summed E-state index contributed by atoms with van der Waals surface area (Å²) in [6, 6.07) is 91.5. The monoisotopic (exact) mass is 1570 g/mol. The van der Waals surface area contributed by atoms with Crippen LogP contribution in [-0.2, 0) is 0 Å². The maximum atomic E-state index is 8.98. The van der Waals surface area contributed by atoms with Crippen molar-refractivity contribution in [2.24, 2.45) is 0 Å². The molecule has 18 aromatic carbocycles. The van der Waals surface area contributed by atoms with Gasteiger partial charge in [0.2, 0.25) is 0 Å². The summed E-state index contributed by atoms with van der Waals surface area (Å²) >= 11 is 0. The summed E-state index contributed by atoms with van der Waals surface area (Å²) in [5.41, 5.74) is 22.6. The van der Waals surface area contributed by atoms with Crippen LogP contribution in [0.3, 0.4) is 0 Å². The quantitative estimate of drug-likeness (QED) is 0.169. The van der Waals surface area contributed by atoms with Crippen LogP contribution in [0.4, 0.5) is 0 Å². The summed E-state index contributed by atoms with van der Waals surface area (Å²) in [5, 5.41) is 30.2. The topological polar surface area (TPSA) is 41.2 Å². The van der Waals surface area contributed by atoms with Gasteiger partial charge in [0.05, 0.1) is 136 Å². The molecule has 0 bridgehead atoms. The van der Waals surface area contributed by atoms with Gasteiger partial charge < -0.3 is 40.1 Å². The molecular formula is C114H63N9. The van der Waals surface area contributed by atoms with Crippen LogP contribution in [-0.4, -0.2) is 40.1 Å². The van der Waals surface area contributed by atoms with Crippen LogP contribution in [0.25, 0.3) is 278 Å². The van der Waals surface area contributed by atoms with E-state index in [4.69, 9.17) is 20.6 Å². The molecule has 0 amide bonds. The third-order valence-electron chi connectivity index (χ3n) is 27.6. The summed E-state index contributed by atoms with van der Waals surface area (Å²) in [7, 11) is 0. The lowest BCUT2D eigenvalue weighted by atomic mass is 10.0. The van der Waals surface area contributed by atoms with E-state index in [1.807, 2.05) is 68.3 Å². The van der Waals surface area contributed by atoms with Gasteiger partial charge in [-0.3, -0.25) is 0 Å². The number of fused-ring (bicyclic) bond motifs is 39. The first-order valence-electron chi connectivity index (χ1n) is 48.9. The highest BCUT2D eigenvalue weighted by molar-refractivity contribution is 6.37. The fourth-order valence-electron chi connectivity index (χ4n) is 23.0. The molecule has 0 N–H and O–H groups in total. The Morgan fingerprint density at radius 2 is 0.488 bits per heavy atom. The number of hydrogen-bond acceptors (Lipinski definition) is 0. The van der Waals surface area contributed by atoms with Crippen molar-refractivity contribution >= 4 is 261 Å². The van der Waals surface area contributed by atoms with Crippen LogP contribution >= 0.6 is 0 Å². The van der Waals surface area contributed by atoms with E-state index in [-0.39, 0.29) is 89.6 Å². The molecule has 15 heterocycles. The number of hydrogen-bond donors (Lipinski definition) is 0. The second-order valence-corrected chi connectivity index (χ2v) is 33.1. The standard InChI is InChI=1S/3C38H21N3/c1-2-9-23(10-3-1)40-31-15-6-5-12-25(31)29-19-22-17-18-39-33-20-28-27-14-8-13-26-24-11-4-7-16-32(24)41(37(26)27)34(28)21-30(33)35(36(22)39)38(29)40;1-2-9-22(10-3-1)40-32-15-6-5-12-24(32)30-19-31-29-21-35-28(20-34(29)39-18-17-27(36(31)39)38(30)40)26-14-8-13-25-23-11-4-7-16-33(23)41(35)37(25)26;1-2-9-23(10-3-1)40-31-16-7-5-12-27(31)35-34(40)19-22-17-18-39-32-20-28-26-14-8-13-25-24-11-4-6-15-30(24)41(38(25)26)33(28)21-29(32)36(35)37(22)39/h3*1-21H/i3*1D,2D,3D,9D,10D. The Kier molecular flexibility index (Phi) is 9.39. The lowest BCUT2D eigenvalue weighted by Gasteiger charge is -2.09. The van der Waals surface area contributed by atoms with Crippen molar-refractivity contribution in [3.8, 4) is 17.1 Å². The molecule has 123 heavy (non-hydrogen) atoms. The zero-order valence-electron chi connectivity index (χ0n) is 79.7. The van der Waals surface area contributed by atoms with Crippen LogP contribution < -0.4 is 0 Å². The van der Waals surface area contributed by atoms with Gasteiger partial charge in [-0.1, -0.05) is 218 Å². The lowest BCUT2D eigenvalue weighted by Crippen LogP contribution is -1.93. The number of aromatic nitrogens is 9. The van der Waals surface area contributed by atoms with Crippen molar-refractivity contribution in [3.05, 3.63) is 382 Å². The fraction of sp³-hybridized carbons (Fsp3) is 0. The molecule has 0 saturated heterocycles. The first kappa shape index (κ1) is 51.6. The van der Waals surface area contributed by atoms with Gasteiger partial charge in [0.15, 0.2) is 0 Å². The van der Waals surface area contributed by atoms with E-state index < -0.39 is 18.1 Å². The number of para-hydroxylation sites is 12. The average molecular weight is 1570 g/mol. The second-order valence-electron chi connectivity index (χ2n) is 33.1. The molecule has 564 valence electrons. The molecule has 0 atom stereocenters. The minimum absolute atomic E-state index is 0.158. The first-order valence-corrected chi connectivity index (χ1v) is 41.4. The molecule has 15 aromatic heterocycles. The van der Waals surface area contributed by atoms with E-state index in [0.717, 1.165) is 164 Å². The van der Waals surface area contributed by atoms with Gasteiger partial charge >= 0.3 is 0 Å². The largest absolute Gasteiger partial charge is 0.315 e. The van der Waals surface area contributed by atoms with Crippen molar-refractivity contribution in [1.82, 2.24) is 40.1 Å². The van der Waals surface area contributed by atoms with Crippen molar-refractivity contribution in [1.29, 1.82) is 0 Å². The Labute approximate surface area is 717 Å². The smallest absolute Gasteiger partial charge is 0.0645 e. The van der Waals surface area contributed by atoms with Crippen LogP contribution in [0.1, 0.15) is 20.6 Å². The molecule has 0 fully saturated rings. The number of nitrogens with zero attached hydrogens (tertiary/aromatic N) is 9. The minimum atomic E-state index is -0.397. The highest BCUT2D eigenvalue weighted by atomic mass is 15.0. The van der Waals surface area contributed by atoms with E-state index >= 15 is 0 Å². The summed E-state index contributed by atoms with van der Waals surface area (Å²) in [6.45, 7) is 0. The average Bonchev–Trinajstić information content (AvgIpc) is 1.56. The predicted octanol–water partition coefficient (Wildman–Crippen LogP) is 29.8. The Bertz CT molecular complexity index is 11400. The number of benzene rings is 18. The zero-order chi connectivity index (χ0) is 92.2. The highest BCUT2D eigenvalue weighted by Crippen LogP contribution is 2.52.